The molecule has 0 saturated heterocycles. The first-order valence-electron chi connectivity index (χ1n) is 7.89. The summed E-state index contributed by atoms with van der Waals surface area (Å²) in [7, 11) is 1.85. The zero-order valence-corrected chi connectivity index (χ0v) is 14.4. The predicted octanol–water partition coefficient (Wildman–Crippen LogP) is 3.58. The van der Waals surface area contributed by atoms with Crippen LogP contribution in [0.2, 0.25) is 0 Å². The van der Waals surface area contributed by atoms with E-state index in [1.165, 1.54) is 23.9 Å². The van der Waals surface area contributed by atoms with E-state index in [2.05, 4.69) is 20.1 Å². The number of nitrogens with zero attached hydrogens (tertiary/aromatic N) is 3. The molecule has 128 valence electrons. The molecule has 0 unspecified atom stereocenters. The van der Waals surface area contributed by atoms with Gasteiger partial charge in [0.2, 0.25) is 0 Å². The number of nitrogens with one attached hydrogen (secondary N) is 2. The van der Waals surface area contributed by atoms with Gasteiger partial charge in [0, 0.05) is 35.6 Å². The summed E-state index contributed by atoms with van der Waals surface area (Å²) in [5.74, 6) is -0.383. The van der Waals surface area contributed by atoms with Crippen LogP contribution >= 0.6 is 11.8 Å². The van der Waals surface area contributed by atoms with Crippen molar-refractivity contribution in [3.8, 4) is 0 Å². The van der Waals surface area contributed by atoms with Crippen LogP contribution in [0.15, 0.2) is 57.7 Å². The third kappa shape index (κ3) is 2.22. The quantitative estimate of drug-likeness (QED) is 0.469. The molecular formula is C18H12FN5OS. The van der Waals surface area contributed by atoms with E-state index in [-0.39, 0.29) is 11.4 Å². The molecule has 0 aliphatic heterocycles. The van der Waals surface area contributed by atoms with Gasteiger partial charge in [0.25, 0.3) is 5.56 Å². The van der Waals surface area contributed by atoms with E-state index < -0.39 is 0 Å². The van der Waals surface area contributed by atoms with Gasteiger partial charge >= 0.3 is 0 Å². The highest BCUT2D eigenvalue weighted by Crippen LogP contribution is 2.35. The van der Waals surface area contributed by atoms with E-state index in [1.807, 2.05) is 13.2 Å². The summed E-state index contributed by atoms with van der Waals surface area (Å²) in [4.78, 5) is 24.0. The normalized spacial score (nSPS) is 11.8. The zero-order chi connectivity index (χ0) is 17.8. The molecule has 0 saturated carbocycles. The van der Waals surface area contributed by atoms with Gasteiger partial charge in [-0.2, -0.15) is 5.10 Å². The van der Waals surface area contributed by atoms with Gasteiger partial charge < -0.3 is 9.97 Å². The highest BCUT2D eigenvalue weighted by molar-refractivity contribution is 7.99. The van der Waals surface area contributed by atoms with Gasteiger partial charge in [-0.1, -0.05) is 0 Å². The number of aromatic nitrogens is 5. The minimum Gasteiger partial charge on any atom is -0.332 e. The van der Waals surface area contributed by atoms with Crippen molar-refractivity contribution < 1.29 is 4.39 Å². The Bertz CT molecular complexity index is 1370. The summed E-state index contributed by atoms with van der Waals surface area (Å²) in [5, 5.41) is 7.30. The molecule has 2 aromatic carbocycles. The summed E-state index contributed by atoms with van der Waals surface area (Å²) in [6, 6.07) is 6.25. The lowest BCUT2D eigenvalue weighted by Gasteiger charge is -2.05. The minimum absolute atomic E-state index is 0.260. The predicted molar refractivity (Wildman–Crippen MR) is 99.0 cm³/mol. The number of aryl methyl sites for hydroxylation is 1. The van der Waals surface area contributed by atoms with E-state index in [0.29, 0.717) is 26.8 Å². The number of hydrogen-bond donors (Lipinski definition) is 2. The Morgan fingerprint density at radius 3 is 2.88 bits per heavy atom. The van der Waals surface area contributed by atoms with E-state index in [9.17, 15) is 9.18 Å². The highest BCUT2D eigenvalue weighted by Gasteiger charge is 2.16. The lowest BCUT2D eigenvalue weighted by atomic mass is 10.0. The Morgan fingerprint density at radius 1 is 1.19 bits per heavy atom. The Hall–Kier alpha value is -3.13. The first kappa shape index (κ1) is 15.2. The van der Waals surface area contributed by atoms with Gasteiger partial charge in [-0.25, -0.2) is 9.37 Å². The molecule has 3 aromatic heterocycles. The smallest absolute Gasteiger partial charge is 0.256 e. The fourth-order valence-corrected chi connectivity index (χ4v) is 4.06. The van der Waals surface area contributed by atoms with Crippen molar-refractivity contribution in [2.24, 2.45) is 7.05 Å². The largest absolute Gasteiger partial charge is 0.332 e. The molecule has 0 bridgehead atoms. The van der Waals surface area contributed by atoms with Crippen LogP contribution in [0.25, 0.3) is 32.6 Å². The van der Waals surface area contributed by atoms with Crippen LogP contribution in [0.1, 0.15) is 0 Å². The maximum absolute atomic E-state index is 13.8. The van der Waals surface area contributed by atoms with Crippen molar-refractivity contribution in [2.75, 3.05) is 0 Å². The van der Waals surface area contributed by atoms with E-state index in [1.54, 1.807) is 29.2 Å². The van der Waals surface area contributed by atoms with Crippen molar-refractivity contribution in [1.82, 2.24) is 24.7 Å². The highest BCUT2D eigenvalue weighted by atomic mass is 32.2. The van der Waals surface area contributed by atoms with Crippen LogP contribution in [0.5, 0.6) is 0 Å². The van der Waals surface area contributed by atoms with Crippen LogP contribution in [0.4, 0.5) is 4.39 Å². The van der Waals surface area contributed by atoms with Gasteiger partial charge in [0.05, 0.1) is 27.5 Å². The van der Waals surface area contributed by atoms with E-state index in [4.69, 9.17) is 0 Å². The fourth-order valence-electron chi connectivity index (χ4n) is 3.24. The molecule has 0 aliphatic carbocycles. The average molecular weight is 365 g/mol. The molecular weight excluding hydrogens is 353 g/mol. The molecule has 0 aliphatic rings. The molecule has 0 spiro atoms. The first-order valence-corrected chi connectivity index (χ1v) is 8.70. The molecule has 5 aromatic rings. The lowest BCUT2D eigenvalue weighted by molar-refractivity contribution is 0.630. The Balaban J connectivity index is 1.87. The topological polar surface area (TPSA) is 79.4 Å². The van der Waals surface area contributed by atoms with Crippen molar-refractivity contribution in [3.63, 3.8) is 0 Å². The molecule has 3 heterocycles. The number of pyridine rings is 1. The second kappa shape index (κ2) is 5.43. The summed E-state index contributed by atoms with van der Waals surface area (Å²) in [5.41, 5.74) is 1.21. The number of fused-ring (bicyclic) bond motifs is 6. The maximum atomic E-state index is 13.8. The van der Waals surface area contributed by atoms with Gasteiger partial charge in [0.1, 0.15) is 5.82 Å². The van der Waals surface area contributed by atoms with Gasteiger partial charge in [0.15, 0.2) is 5.16 Å². The monoisotopic (exact) mass is 365 g/mol. The Labute approximate surface area is 150 Å². The number of halogens is 1. The third-order valence-electron chi connectivity index (χ3n) is 4.31. The van der Waals surface area contributed by atoms with E-state index in [0.717, 1.165) is 15.8 Å². The molecule has 6 nitrogen and oxygen atoms in total. The molecule has 0 amide bonds. The van der Waals surface area contributed by atoms with Crippen LogP contribution in [0, 0.1) is 5.82 Å². The maximum Gasteiger partial charge on any atom is 0.256 e. The molecule has 8 heteroatoms. The number of H-pyrrole nitrogens is 2. The van der Waals surface area contributed by atoms with Gasteiger partial charge in [-0.05, 0) is 36.0 Å². The standard InChI is InChI=1S/C18H12FN5OS/c1-24-8-10(7-21-24)26-18-22-15-11-3-2-9(19)6-13(11)14-12(16(15)23-18)4-5-20-17(14)25/h2-8H,1H3,(H,20,25)(H,22,23). The molecule has 26 heavy (non-hydrogen) atoms. The fraction of sp³-hybridized carbons (Fsp3) is 0.0556. The molecule has 0 atom stereocenters. The molecule has 2 N–H and O–H groups in total. The molecule has 0 radical (unpaired) electrons. The summed E-state index contributed by atoms with van der Waals surface area (Å²) in [6.07, 6.45) is 5.24. The summed E-state index contributed by atoms with van der Waals surface area (Å²) in [6.45, 7) is 0. The van der Waals surface area contributed by atoms with Crippen LogP contribution in [0.3, 0.4) is 0 Å². The second-order valence-corrected chi connectivity index (χ2v) is 7.06. The zero-order valence-electron chi connectivity index (χ0n) is 13.6. The number of hydrogen-bond acceptors (Lipinski definition) is 4. The van der Waals surface area contributed by atoms with Crippen molar-refractivity contribution in [3.05, 3.63) is 59.0 Å². The molecule has 0 fully saturated rings. The van der Waals surface area contributed by atoms with Crippen molar-refractivity contribution in [2.45, 2.75) is 10.1 Å². The summed E-state index contributed by atoms with van der Waals surface area (Å²) >= 11 is 1.45. The van der Waals surface area contributed by atoms with Crippen LogP contribution < -0.4 is 5.56 Å². The van der Waals surface area contributed by atoms with Gasteiger partial charge in [-0.3, -0.25) is 9.48 Å². The number of rotatable bonds is 2. The lowest BCUT2D eigenvalue weighted by Crippen LogP contribution is -2.05. The van der Waals surface area contributed by atoms with Crippen molar-refractivity contribution in [1.29, 1.82) is 0 Å². The average Bonchev–Trinajstić information content (AvgIpc) is 3.21. The first-order chi connectivity index (χ1) is 12.6. The van der Waals surface area contributed by atoms with E-state index >= 15 is 0 Å². The second-order valence-electron chi connectivity index (χ2n) is 6.00. The van der Waals surface area contributed by atoms with Crippen molar-refractivity contribution >= 4 is 44.3 Å². The SMILES string of the molecule is Cn1cc(Sc2nc3c4cc[nH]c(=O)c4c4cc(F)ccc4c3[nH]2)cn1. The summed E-state index contributed by atoms with van der Waals surface area (Å²) < 4.78 is 15.6. The third-order valence-corrected chi connectivity index (χ3v) is 5.15. The number of imidazole rings is 1. The van der Waals surface area contributed by atoms with Crippen LogP contribution in [-0.4, -0.2) is 24.7 Å². The molecule has 5 rings (SSSR count). The van der Waals surface area contributed by atoms with Gasteiger partial charge in [-0.15, -0.1) is 0 Å². The Kier molecular flexibility index (Phi) is 3.17. The number of benzene rings is 2. The van der Waals surface area contributed by atoms with Crippen LogP contribution in [-0.2, 0) is 7.05 Å². The number of aromatic amines is 2. The minimum atomic E-state index is -0.383. The Morgan fingerprint density at radius 2 is 2.08 bits per heavy atom.